The summed E-state index contributed by atoms with van der Waals surface area (Å²) in [6.07, 6.45) is 0. The zero-order valence-corrected chi connectivity index (χ0v) is 11.6. The summed E-state index contributed by atoms with van der Waals surface area (Å²) in [5.74, 6) is -0.943. The number of hydrogen-bond acceptors (Lipinski definition) is 7. The second kappa shape index (κ2) is 6.09. The number of methoxy groups -OCH3 is 1. The number of azo groups is 1. The van der Waals surface area contributed by atoms with Gasteiger partial charge in [-0.1, -0.05) is 0 Å². The molecular weight excluding hydrogens is 296 g/mol. The number of carbonyl (C=O) groups excluding carboxylic acids is 1. The van der Waals surface area contributed by atoms with Gasteiger partial charge in [0, 0.05) is 0 Å². The van der Waals surface area contributed by atoms with Crippen molar-refractivity contribution in [3.8, 4) is 5.88 Å². The Morgan fingerprint density at radius 1 is 1.24 bits per heavy atom. The van der Waals surface area contributed by atoms with Crippen LogP contribution in [0.25, 0.3) is 0 Å². The van der Waals surface area contributed by atoms with Crippen molar-refractivity contribution >= 4 is 29.6 Å². The zero-order chi connectivity index (χ0) is 15.4. The van der Waals surface area contributed by atoms with Crippen LogP contribution < -0.4 is 5.56 Å². The molecule has 8 nitrogen and oxygen atoms in total. The highest BCUT2D eigenvalue weighted by Gasteiger charge is 2.07. The number of H-pyrrole nitrogens is 2. The lowest BCUT2D eigenvalue weighted by atomic mass is 10.2. The number of nitrogens with one attached hydrogen (secondary N) is 2. The molecule has 0 aliphatic carbocycles. The van der Waals surface area contributed by atoms with Crippen molar-refractivity contribution in [3.05, 3.63) is 45.0 Å². The summed E-state index contributed by atoms with van der Waals surface area (Å²) >= 11 is 4.69. The Bertz CT molecular complexity index is 807. The second-order valence-electron chi connectivity index (χ2n) is 3.84. The third kappa shape index (κ3) is 3.39. The van der Waals surface area contributed by atoms with Gasteiger partial charge in [0.25, 0.3) is 5.56 Å². The highest BCUT2D eigenvalue weighted by atomic mass is 32.1. The van der Waals surface area contributed by atoms with E-state index < -0.39 is 17.4 Å². The summed E-state index contributed by atoms with van der Waals surface area (Å²) in [4.78, 5) is 27.4. The van der Waals surface area contributed by atoms with E-state index in [-0.39, 0.29) is 10.5 Å². The van der Waals surface area contributed by atoms with Crippen molar-refractivity contribution in [1.82, 2.24) is 9.97 Å². The predicted molar refractivity (Wildman–Crippen MR) is 75.9 cm³/mol. The lowest BCUT2D eigenvalue weighted by Gasteiger charge is -1.99. The molecule has 2 aromatic rings. The van der Waals surface area contributed by atoms with Gasteiger partial charge in [0.2, 0.25) is 11.6 Å². The molecule has 108 valence electrons. The van der Waals surface area contributed by atoms with E-state index in [0.29, 0.717) is 11.3 Å². The first-order valence-electron chi connectivity index (χ1n) is 5.67. The van der Waals surface area contributed by atoms with Crippen molar-refractivity contribution in [1.29, 1.82) is 0 Å². The Morgan fingerprint density at radius 2 is 1.90 bits per heavy atom. The Balaban J connectivity index is 2.28. The van der Waals surface area contributed by atoms with Crippen LogP contribution in [0.3, 0.4) is 0 Å². The van der Waals surface area contributed by atoms with Crippen molar-refractivity contribution in [2.75, 3.05) is 7.11 Å². The molecule has 1 aromatic carbocycles. The first kappa shape index (κ1) is 14.6. The van der Waals surface area contributed by atoms with E-state index in [9.17, 15) is 14.7 Å². The molecule has 0 aliphatic heterocycles. The van der Waals surface area contributed by atoms with E-state index in [2.05, 4.69) is 37.2 Å². The Kier molecular flexibility index (Phi) is 4.24. The van der Waals surface area contributed by atoms with E-state index in [1.807, 2.05) is 0 Å². The summed E-state index contributed by atoms with van der Waals surface area (Å²) in [6, 6.07) is 6.05. The number of nitrogens with zero attached hydrogens (tertiary/aromatic N) is 2. The molecule has 0 bridgehead atoms. The van der Waals surface area contributed by atoms with Crippen molar-refractivity contribution in [2.24, 2.45) is 10.2 Å². The quantitative estimate of drug-likeness (QED) is 0.456. The average molecular weight is 306 g/mol. The maximum Gasteiger partial charge on any atom is 0.337 e. The van der Waals surface area contributed by atoms with Crippen LogP contribution in [-0.4, -0.2) is 28.2 Å². The van der Waals surface area contributed by atoms with Gasteiger partial charge in [-0.15, -0.1) is 5.11 Å². The maximum atomic E-state index is 11.5. The fourth-order valence-electron chi connectivity index (χ4n) is 1.45. The van der Waals surface area contributed by atoms with Crippen LogP contribution in [0.15, 0.2) is 39.3 Å². The molecule has 0 unspecified atom stereocenters. The van der Waals surface area contributed by atoms with E-state index in [1.165, 1.54) is 31.4 Å². The standard InChI is InChI=1S/C12H10N4O4S/c1-20-11(19)6-2-4-7(5-3-6)15-16-8-9(17)13-12(21)14-10(8)18/h2-5H,1H3,(H3,13,14,17,18,21). The number of carbonyl (C=O) groups is 1. The van der Waals surface area contributed by atoms with E-state index in [0.717, 1.165) is 0 Å². The third-order valence-corrected chi connectivity index (χ3v) is 2.66. The fraction of sp³-hybridized carbons (Fsp3) is 0.0833. The Labute approximate surface area is 123 Å². The Morgan fingerprint density at radius 3 is 2.48 bits per heavy atom. The number of rotatable bonds is 3. The van der Waals surface area contributed by atoms with Crippen molar-refractivity contribution < 1.29 is 14.6 Å². The molecular formula is C12H10N4O4S. The summed E-state index contributed by atoms with van der Waals surface area (Å²) in [6.45, 7) is 0. The first-order chi connectivity index (χ1) is 10.0. The zero-order valence-electron chi connectivity index (χ0n) is 10.8. The number of aromatic hydroxyl groups is 1. The topological polar surface area (TPSA) is 120 Å². The van der Waals surface area contributed by atoms with Gasteiger partial charge >= 0.3 is 5.97 Å². The van der Waals surface area contributed by atoms with Gasteiger partial charge in [-0.25, -0.2) is 4.79 Å². The minimum Gasteiger partial charge on any atom is -0.493 e. The van der Waals surface area contributed by atoms with Gasteiger partial charge in [-0.3, -0.25) is 9.78 Å². The number of ether oxygens (including phenoxy) is 1. The first-order valence-corrected chi connectivity index (χ1v) is 6.08. The lowest BCUT2D eigenvalue weighted by Crippen LogP contribution is -2.06. The number of esters is 1. The maximum absolute atomic E-state index is 11.5. The summed E-state index contributed by atoms with van der Waals surface area (Å²) < 4.78 is 4.55. The largest absolute Gasteiger partial charge is 0.493 e. The highest BCUT2D eigenvalue weighted by molar-refractivity contribution is 7.71. The number of hydrogen-bond donors (Lipinski definition) is 3. The molecule has 3 N–H and O–H groups in total. The number of aromatic amines is 2. The van der Waals surface area contributed by atoms with Crippen LogP contribution >= 0.6 is 12.2 Å². The molecule has 21 heavy (non-hydrogen) atoms. The van der Waals surface area contributed by atoms with Crippen molar-refractivity contribution in [3.63, 3.8) is 0 Å². The number of aromatic nitrogens is 2. The van der Waals surface area contributed by atoms with E-state index >= 15 is 0 Å². The Hall–Kier alpha value is -2.81. The molecule has 0 fully saturated rings. The fourth-order valence-corrected chi connectivity index (χ4v) is 1.64. The molecule has 1 heterocycles. The van der Waals surface area contributed by atoms with Crippen LogP contribution in [-0.2, 0) is 4.74 Å². The monoisotopic (exact) mass is 306 g/mol. The molecule has 9 heteroatoms. The third-order valence-electron chi connectivity index (χ3n) is 2.45. The number of benzene rings is 1. The van der Waals surface area contributed by atoms with Crippen LogP contribution in [0.4, 0.5) is 11.4 Å². The molecule has 0 radical (unpaired) electrons. The predicted octanol–water partition coefficient (Wildman–Crippen LogP) is 2.34. The van der Waals surface area contributed by atoms with Crippen LogP contribution in [0.2, 0.25) is 0 Å². The minimum absolute atomic E-state index is 0.0149. The van der Waals surface area contributed by atoms with Gasteiger partial charge in [-0.2, -0.15) is 5.11 Å². The van der Waals surface area contributed by atoms with Gasteiger partial charge in [0.15, 0.2) is 4.77 Å². The second-order valence-corrected chi connectivity index (χ2v) is 4.25. The lowest BCUT2D eigenvalue weighted by molar-refractivity contribution is 0.0601. The molecule has 2 rings (SSSR count). The van der Waals surface area contributed by atoms with Crippen LogP contribution in [0, 0.1) is 4.77 Å². The summed E-state index contributed by atoms with van der Waals surface area (Å²) in [7, 11) is 1.28. The van der Waals surface area contributed by atoms with Gasteiger partial charge in [0.1, 0.15) is 0 Å². The van der Waals surface area contributed by atoms with Gasteiger partial charge < -0.3 is 14.8 Å². The minimum atomic E-state index is -0.661. The van der Waals surface area contributed by atoms with E-state index in [4.69, 9.17) is 0 Å². The smallest absolute Gasteiger partial charge is 0.337 e. The SMILES string of the molecule is COC(=O)c1ccc(N=Nc2c(O)[nH]c(=S)[nH]c2=O)cc1. The van der Waals surface area contributed by atoms with Crippen molar-refractivity contribution in [2.45, 2.75) is 0 Å². The van der Waals surface area contributed by atoms with Gasteiger partial charge in [-0.05, 0) is 36.5 Å². The molecule has 0 aliphatic rings. The molecule has 1 aromatic heterocycles. The van der Waals surface area contributed by atoms with Crippen LogP contribution in [0.1, 0.15) is 10.4 Å². The normalized spacial score (nSPS) is 10.7. The van der Waals surface area contributed by atoms with Crippen LogP contribution in [0.5, 0.6) is 5.88 Å². The van der Waals surface area contributed by atoms with E-state index in [1.54, 1.807) is 0 Å². The summed E-state index contributed by atoms with van der Waals surface area (Å²) in [5, 5.41) is 17.0. The molecule has 0 atom stereocenters. The molecule has 0 saturated carbocycles. The molecule has 0 spiro atoms. The van der Waals surface area contributed by atoms with Gasteiger partial charge in [0.05, 0.1) is 18.4 Å². The summed E-state index contributed by atoms with van der Waals surface area (Å²) in [5.41, 5.74) is -0.198. The molecule has 0 saturated heterocycles. The molecule has 0 amide bonds. The average Bonchev–Trinajstić information content (AvgIpc) is 2.46. The highest BCUT2D eigenvalue weighted by Crippen LogP contribution is 2.21.